The summed E-state index contributed by atoms with van der Waals surface area (Å²) in [4.78, 5) is 24.0. The van der Waals surface area contributed by atoms with Gasteiger partial charge in [-0.25, -0.2) is 4.79 Å². The second-order valence-corrected chi connectivity index (χ2v) is 5.69. The Morgan fingerprint density at radius 3 is 2.43 bits per heavy atom. The second-order valence-electron chi connectivity index (χ2n) is 5.69. The van der Waals surface area contributed by atoms with Crippen molar-refractivity contribution in [2.45, 2.75) is 27.7 Å². The molecule has 0 unspecified atom stereocenters. The quantitative estimate of drug-likeness (QED) is 0.876. The van der Waals surface area contributed by atoms with Crippen LogP contribution in [0.3, 0.4) is 0 Å². The molecule has 23 heavy (non-hydrogen) atoms. The predicted molar refractivity (Wildman–Crippen MR) is 90.7 cm³/mol. The number of carbonyl (C=O) groups is 2. The van der Waals surface area contributed by atoms with Gasteiger partial charge in [0.1, 0.15) is 0 Å². The number of aryl methyl sites for hydroxylation is 3. The van der Waals surface area contributed by atoms with Gasteiger partial charge in [-0.3, -0.25) is 4.79 Å². The van der Waals surface area contributed by atoms with E-state index in [1.807, 2.05) is 58.0 Å². The van der Waals surface area contributed by atoms with Gasteiger partial charge < -0.3 is 10.1 Å². The number of carbonyl (C=O) groups excluding carboxylic acids is 2. The first-order chi connectivity index (χ1) is 10.9. The topological polar surface area (TPSA) is 55.4 Å². The molecule has 1 N–H and O–H groups in total. The number of rotatable bonds is 4. The van der Waals surface area contributed by atoms with E-state index in [9.17, 15) is 9.59 Å². The Morgan fingerprint density at radius 2 is 1.74 bits per heavy atom. The molecule has 1 amide bonds. The van der Waals surface area contributed by atoms with Crippen LogP contribution in [-0.4, -0.2) is 18.5 Å². The molecule has 0 aromatic heterocycles. The Morgan fingerprint density at radius 1 is 1.00 bits per heavy atom. The first-order valence-corrected chi connectivity index (χ1v) is 7.49. The van der Waals surface area contributed by atoms with E-state index in [1.54, 1.807) is 6.07 Å². The van der Waals surface area contributed by atoms with Gasteiger partial charge in [0.25, 0.3) is 5.91 Å². The average molecular weight is 311 g/mol. The second kappa shape index (κ2) is 7.09. The molecule has 0 atom stereocenters. The summed E-state index contributed by atoms with van der Waals surface area (Å²) in [7, 11) is 0. The largest absolute Gasteiger partial charge is 0.452 e. The van der Waals surface area contributed by atoms with Crippen molar-refractivity contribution in [3.63, 3.8) is 0 Å². The number of hydrogen-bond acceptors (Lipinski definition) is 3. The molecule has 0 aliphatic carbocycles. The highest BCUT2D eigenvalue weighted by Crippen LogP contribution is 2.18. The summed E-state index contributed by atoms with van der Waals surface area (Å²) in [6.07, 6.45) is 0. The molecule has 0 heterocycles. The highest BCUT2D eigenvalue weighted by Gasteiger charge is 2.13. The fourth-order valence-corrected chi connectivity index (χ4v) is 2.32. The zero-order valence-corrected chi connectivity index (χ0v) is 13.9. The third kappa shape index (κ3) is 4.19. The van der Waals surface area contributed by atoms with Crippen molar-refractivity contribution in [3.05, 3.63) is 64.2 Å². The maximum Gasteiger partial charge on any atom is 0.338 e. The molecule has 4 heteroatoms. The summed E-state index contributed by atoms with van der Waals surface area (Å²) >= 11 is 0. The van der Waals surface area contributed by atoms with Crippen LogP contribution in [0.1, 0.15) is 32.6 Å². The number of nitrogens with one attached hydrogen (secondary N) is 1. The van der Waals surface area contributed by atoms with Crippen LogP contribution in [0.4, 0.5) is 5.69 Å². The summed E-state index contributed by atoms with van der Waals surface area (Å²) < 4.78 is 5.10. The lowest BCUT2D eigenvalue weighted by Gasteiger charge is -2.11. The molecule has 0 bridgehead atoms. The van der Waals surface area contributed by atoms with Gasteiger partial charge in [-0.2, -0.15) is 0 Å². The van der Waals surface area contributed by atoms with Crippen molar-refractivity contribution < 1.29 is 14.3 Å². The van der Waals surface area contributed by atoms with E-state index in [1.165, 1.54) is 0 Å². The van der Waals surface area contributed by atoms with Gasteiger partial charge in [0.2, 0.25) is 0 Å². The molecule has 0 saturated heterocycles. The first-order valence-electron chi connectivity index (χ1n) is 7.49. The Hall–Kier alpha value is -2.62. The van der Waals surface area contributed by atoms with E-state index in [2.05, 4.69) is 5.32 Å². The van der Waals surface area contributed by atoms with Crippen molar-refractivity contribution >= 4 is 17.6 Å². The van der Waals surface area contributed by atoms with Gasteiger partial charge in [-0.15, -0.1) is 0 Å². The summed E-state index contributed by atoms with van der Waals surface area (Å²) in [5, 5.41) is 2.77. The van der Waals surface area contributed by atoms with Gasteiger partial charge >= 0.3 is 5.97 Å². The molecule has 0 saturated carbocycles. The van der Waals surface area contributed by atoms with Crippen LogP contribution in [0, 0.1) is 27.7 Å². The third-order valence-electron chi connectivity index (χ3n) is 3.81. The van der Waals surface area contributed by atoms with Crippen LogP contribution in [-0.2, 0) is 9.53 Å². The number of hydrogen-bond donors (Lipinski definition) is 1. The zero-order valence-electron chi connectivity index (χ0n) is 13.9. The molecule has 0 radical (unpaired) electrons. The van der Waals surface area contributed by atoms with Gasteiger partial charge in [-0.05, 0) is 56.5 Å². The number of ether oxygens (including phenoxy) is 1. The Labute approximate surface area is 136 Å². The summed E-state index contributed by atoms with van der Waals surface area (Å²) in [5.41, 5.74) is 5.22. The lowest BCUT2D eigenvalue weighted by atomic mass is 10.1. The number of benzene rings is 2. The number of esters is 1. The van der Waals surface area contributed by atoms with E-state index in [0.29, 0.717) is 5.56 Å². The Kier molecular flexibility index (Phi) is 5.16. The molecule has 0 spiro atoms. The van der Waals surface area contributed by atoms with E-state index >= 15 is 0 Å². The molecular formula is C19H21NO3. The van der Waals surface area contributed by atoms with E-state index < -0.39 is 5.97 Å². The minimum absolute atomic E-state index is 0.306. The van der Waals surface area contributed by atoms with Crippen LogP contribution in [0.15, 0.2) is 36.4 Å². The molecule has 0 aliphatic heterocycles. The van der Waals surface area contributed by atoms with Crippen molar-refractivity contribution in [1.29, 1.82) is 0 Å². The lowest BCUT2D eigenvalue weighted by molar-refractivity contribution is -0.119. The molecule has 0 fully saturated rings. The molecule has 2 aromatic carbocycles. The summed E-state index contributed by atoms with van der Waals surface area (Å²) in [6, 6.07) is 11.2. The Bertz CT molecular complexity index is 750. The Balaban J connectivity index is 1.96. The zero-order chi connectivity index (χ0) is 17.0. The van der Waals surface area contributed by atoms with Crippen molar-refractivity contribution in [2.75, 3.05) is 11.9 Å². The molecule has 120 valence electrons. The van der Waals surface area contributed by atoms with Crippen LogP contribution < -0.4 is 5.32 Å². The maximum atomic E-state index is 12.1. The molecular weight excluding hydrogens is 290 g/mol. The number of amides is 1. The van der Waals surface area contributed by atoms with E-state index in [-0.39, 0.29) is 12.5 Å². The minimum atomic E-state index is -0.487. The fraction of sp³-hybridized carbons (Fsp3) is 0.263. The molecule has 0 aliphatic rings. The smallest absolute Gasteiger partial charge is 0.338 e. The van der Waals surface area contributed by atoms with Gasteiger partial charge in [0.15, 0.2) is 6.61 Å². The van der Waals surface area contributed by atoms with Crippen LogP contribution in [0.2, 0.25) is 0 Å². The minimum Gasteiger partial charge on any atom is -0.452 e. The normalized spacial score (nSPS) is 10.3. The van der Waals surface area contributed by atoms with Gasteiger partial charge in [0, 0.05) is 5.69 Å². The van der Waals surface area contributed by atoms with Crippen LogP contribution >= 0.6 is 0 Å². The van der Waals surface area contributed by atoms with Gasteiger partial charge in [-0.1, -0.05) is 29.8 Å². The van der Waals surface area contributed by atoms with Gasteiger partial charge in [0.05, 0.1) is 5.56 Å². The summed E-state index contributed by atoms with van der Waals surface area (Å²) in [6.45, 7) is 7.41. The van der Waals surface area contributed by atoms with E-state index in [0.717, 1.165) is 27.9 Å². The fourth-order valence-electron chi connectivity index (χ4n) is 2.32. The first kappa shape index (κ1) is 16.7. The third-order valence-corrected chi connectivity index (χ3v) is 3.81. The summed E-state index contributed by atoms with van der Waals surface area (Å²) in [5.74, 6) is -0.838. The predicted octanol–water partition coefficient (Wildman–Crippen LogP) is 3.72. The monoisotopic (exact) mass is 311 g/mol. The van der Waals surface area contributed by atoms with E-state index in [4.69, 9.17) is 4.74 Å². The van der Waals surface area contributed by atoms with Crippen molar-refractivity contribution in [3.8, 4) is 0 Å². The highest BCUT2D eigenvalue weighted by atomic mass is 16.5. The maximum absolute atomic E-state index is 12.1. The molecule has 2 rings (SSSR count). The van der Waals surface area contributed by atoms with Crippen molar-refractivity contribution in [1.82, 2.24) is 0 Å². The lowest BCUT2D eigenvalue weighted by Crippen LogP contribution is -2.21. The SMILES string of the molecule is Cc1ccc(C(=O)OCC(=O)Nc2cccc(C)c2C)c(C)c1. The van der Waals surface area contributed by atoms with Crippen molar-refractivity contribution in [2.24, 2.45) is 0 Å². The molecule has 4 nitrogen and oxygen atoms in total. The average Bonchev–Trinajstić information content (AvgIpc) is 2.49. The standard InChI is InChI=1S/C19H21NO3/c1-12-8-9-16(14(3)10-12)19(22)23-11-18(21)20-17-7-5-6-13(2)15(17)4/h5-10H,11H2,1-4H3,(H,20,21). The number of anilines is 1. The van der Waals surface area contributed by atoms with Crippen LogP contribution in [0.5, 0.6) is 0 Å². The molecule has 2 aromatic rings. The highest BCUT2D eigenvalue weighted by molar-refractivity contribution is 5.96. The van der Waals surface area contributed by atoms with Crippen LogP contribution in [0.25, 0.3) is 0 Å².